The largest absolute Gasteiger partial charge is 0.310 e. The summed E-state index contributed by atoms with van der Waals surface area (Å²) in [6.45, 7) is 34.3. The number of hydrogen-bond donors (Lipinski definition) is 0. The van der Waals surface area contributed by atoms with Crippen LogP contribution in [0.1, 0.15) is 161 Å². The Bertz CT molecular complexity index is 4750. The van der Waals surface area contributed by atoms with Gasteiger partial charge in [-0.1, -0.05) is 315 Å². The SMILES string of the molecule is [2H]c1c([2H])c([2H])c(-c2ccc3c(c2)N(c2c(-c4ccccc4)cc(C(C)(C)C)cc2-c2ccccc2)c2cc(-c4cc(C(C)(C)C)cc(C(C)(C)C)c4)cc4c2B3c2cc(-c3cc(C(C)(C)C)cc(C(C)(C)C)c3)ccc2C42c3ccccc3Sc3ccccc32)c([2H])c1[2H]. The highest BCUT2D eigenvalue weighted by molar-refractivity contribution is 7.99. The molecule has 0 amide bonds. The fourth-order valence-electron chi connectivity index (χ4n) is 14.3. The van der Waals surface area contributed by atoms with Crippen molar-refractivity contribution in [2.75, 3.05) is 4.90 Å². The van der Waals surface area contributed by atoms with Crippen LogP contribution in [0.15, 0.2) is 246 Å². The highest BCUT2D eigenvalue weighted by atomic mass is 32.2. The molecule has 3 heteroatoms. The number of anilines is 3. The van der Waals surface area contributed by atoms with Gasteiger partial charge in [0.05, 0.1) is 18.0 Å². The van der Waals surface area contributed by atoms with Crippen molar-refractivity contribution < 1.29 is 6.85 Å². The predicted octanol–water partition coefficient (Wildman–Crippen LogP) is 22.0. The standard InChI is InChI=1S/C87H84BNS/c1-82(2,3)63-43-60(44-64(51-63)83(4,5)6)58-39-41-70-75(48-58)88-74-42-40-59(55-29-19-16-20-30-55)49-76(74)89(81-68(56-31-21-17-22-32-56)53-67(86(13,14)15)54-69(81)57-33-23-18-24-34-57)77-50-62(61-45-65(84(7,8)9)52-66(46-61)85(10,11)12)47-73(80(77)88)87(70)71-35-25-27-37-78(71)90-79-38-28-26-36-72(79)87/h16-54H,1-15H3/i16D,19D,20D,29D,30D. The molecule has 11 aromatic carbocycles. The molecule has 0 fully saturated rings. The lowest BCUT2D eigenvalue weighted by atomic mass is 9.29. The van der Waals surface area contributed by atoms with Crippen LogP contribution in [0.5, 0.6) is 0 Å². The van der Waals surface area contributed by atoms with Crippen molar-refractivity contribution in [1.29, 1.82) is 0 Å². The molecular weight excluding hydrogens is 1100 g/mol. The number of rotatable bonds is 6. The number of nitrogens with zero attached hydrogens (tertiary/aromatic N) is 1. The van der Waals surface area contributed by atoms with Crippen LogP contribution in [0.25, 0.3) is 55.6 Å². The molecular formula is C87H84BNS. The average molecular weight is 1190 g/mol. The van der Waals surface area contributed by atoms with E-state index >= 15 is 0 Å². The normalized spacial score (nSPS) is 14.9. The van der Waals surface area contributed by atoms with Crippen LogP contribution >= 0.6 is 11.8 Å². The van der Waals surface area contributed by atoms with Crippen molar-refractivity contribution in [2.45, 2.75) is 146 Å². The van der Waals surface area contributed by atoms with E-state index < -0.39 is 11.5 Å². The average Bonchev–Trinajstić information content (AvgIpc) is 0.666. The highest BCUT2D eigenvalue weighted by Crippen LogP contribution is 2.59. The van der Waals surface area contributed by atoms with Crippen molar-refractivity contribution in [3.05, 3.63) is 287 Å². The van der Waals surface area contributed by atoms with Gasteiger partial charge in [-0.15, -0.1) is 0 Å². The van der Waals surface area contributed by atoms with Crippen LogP contribution in [0.4, 0.5) is 17.1 Å². The van der Waals surface area contributed by atoms with Gasteiger partial charge in [0.1, 0.15) is 0 Å². The molecule has 3 aliphatic heterocycles. The Morgan fingerprint density at radius 1 is 0.333 bits per heavy atom. The molecule has 0 radical (unpaired) electrons. The molecule has 0 N–H and O–H groups in total. The number of benzene rings is 11. The van der Waals surface area contributed by atoms with Crippen LogP contribution in [0, 0.1) is 0 Å². The maximum absolute atomic E-state index is 9.63. The van der Waals surface area contributed by atoms with Crippen molar-refractivity contribution in [1.82, 2.24) is 0 Å². The van der Waals surface area contributed by atoms with Gasteiger partial charge in [-0.2, -0.15) is 0 Å². The van der Waals surface area contributed by atoms with Crippen molar-refractivity contribution in [2.24, 2.45) is 0 Å². The van der Waals surface area contributed by atoms with Gasteiger partial charge in [-0.3, -0.25) is 0 Å². The Morgan fingerprint density at radius 3 is 1.26 bits per heavy atom. The molecule has 0 atom stereocenters. The third-order valence-electron chi connectivity index (χ3n) is 19.4. The van der Waals surface area contributed by atoms with E-state index in [1.165, 1.54) is 76.4 Å². The van der Waals surface area contributed by atoms with Gasteiger partial charge in [0, 0.05) is 32.3 Å². The second-order valence-electron chi connectivity index (χ2n) is 30.6. The summed E-state index contributed by atoms with van der Waals surface area (Å²) in [6.07, 6.45) is 0. The Hall–Kier alpha value is -8.37. The molecule has 1 spiro atoms. The molecule has 90 heavy (non-hydrogen) atoms. The van der Waals surface area contributed by atoms with E-state index in [2.05, 4.69) is 309 Å². The molecule has 0 bridgehead atoms. The monoisotopic (exact) mass is 1190 g/mol. The molecule has 3 aliphatic rings. The first-order valence-electron chi connectivity index (χ1n) is 34.7. The molecule has 0 aliphatic carbocycles. The minimum Gasteiger partial charge on any atom is -0.310 e. The zero-order valence-corrected chi connectivity index (χ0v) is 55.9. The lowest BCUT2D eigenvalue weighted by molar-refractivity contribution is 0.568. The van der Waals surface area contributed by atoms with E-state index in [1.54, 1.807) is 0 Å². The topological polar surface area (TPSA) is 3.24 Å². The maximum atomic E-state index is 9.63. The molecule has 0 saturated heterocycles. The molecule has 11 aromatic rings. The fourth-order valence-corrected chi connectivity index (χ4v) is 15.5. The van der Waals surface area contributed by atoms with E-state index in [1.807, 2.05) is 17.8 Å². The van der Waals surface area contributed by atoms with Gasteiger partial charge in [-0.05, 0) is 175 Å². The Balaban J connectivity index is 1.24. The second kappa shape index (κ2) is 21.4. The van der Waals surface area contributed by atoms with E-state index in [-0.39, 0.29) is 63.5 Å². The van der Waals surface area contributed by atoms with Crippen molar-refractivity contribution in [3.63, 3.8) is 0 Å². The van der Waals surface area contributed by atoms with Crippen LogP contribution in [-0.4, -0.2) is 6.71 Å². The minimum absolute atomic E-state index is 0.126. The molecule has 0 unspecified atom stereocenters. The van der Waals surface area contributed by atoms with Gasteiger partial charge in [0.15, 0.2) is 0 Å². The molecule has 14 rings (SSSR count). The van der Waals surface area contributed by atoms with Crippen LogP contribution in [0.3, 0.4) is 0 Å². The smallest absolute Gasteiger partial charge is 0.247 e. The summed E-state index contributed by atoms with van der Waals surface area (Å²) in [6, 6.07) is 76.5. The first kappa shape index (κ1) is 53.5. The van der Waals surface area contributed by atoms with E-state index in [9.17, 15) is 2.74 Å². The maximum Gasteiger partial charge on any atom is 0.247 e. The summed E-state index contributed by atoms with van der Waals surface area (Å²) in [5.74, 6) is 0. The fraction of sp³-hybridized carbons (Fsp3) is 0.241. The van der Waals surface area contributed by atoms with Gasteiger partial charge >= 0.3 is 0 Å². The zero-order valence-electron chi connectivity index (χ0n) is 60.1. The quantitative estimate of drug-likeness (QED) is 0.153. The molecule has 3 heterocycles. The molecule has 0 saturated carbocycles. The van der Waals surface area contributed by atoms with Crippen LogP contribution in [-0.2, 0) is 32.5 Å². The number of fused-ring (bicyclic) bond motifs is 10. The minimum atomic E-state index is -0.863. The number of hydrogen-bond acceptors (Lipinski definition) is 2. The third kappa shape index (κ3) is 10.0. The van der Waals surface area contributed by atoms with E-state index in [0.29, 0.717) is 5.56 Å². The van der Waals surface area contributed by atoms with Crippen molar-refractivity contribution >= 4 is 51.9 Å². The molecule has 446 valence electrons. The molecule has 1 nitrogen and oxygen atoms in total. The van der Waals surface area contributed by atoms with Gasteiger partial charge in [-0.25, -0.2) is 0 Å². The summed E-state index contributed by atoms with van der Waals surface area (Å²) >= 11 is 1.86. The van der Waals surface area contributed by atoms with Gasteiger partial charge in [0.2, 0.25) is 6.71 Å². The lowest BCUT2D eigenvalue weighted by Crippen LogP contribution is -2.65. The second-order valence-corrected chi connectivity index (χ2v) is 31.7. The Labute approximate surface area is 548 Å². The van der Waals surface area contributed by atoms with Crippen LogP contribution in [0.2, 0.25) is 0 Å². The summed E-state index contributed by atoms with van der Waals surface area (Å²) in [7, 11) is 0. The lowest BCUT2D eigenvalue weighted by Gasteiger charge is -2.51. The van der Waals surface area contributed by atoms with Crippen LogP contribution < -0.4 is 21.3 Å². The van der Waals surface area contributed by atoms with Gasteiger partial charge < -0.3 is 4.90 Å². The summed E-state index contributed by atoms with van der Waals surface area (Å²) < 4.78 is 46.3. The third-order valence-corrected chi connectivity index (χ3v) is 20.5. The highest BCUT2D eigenvalue weighted by Gasteiger charge is 2.55. The zero-order chi connectivity index (χ0) is 67.4. The van der Waals surface area contributed by atoms with E-state index in [4.69, 9.17) is 4.11 Å². The van der Waals surface area contributed by atoms with Crippen molar-refractivity contribution in [3.8, 4) is 55.6 Å². The van der Waals surface area contributed by atoms with Gasteiger partial charge in [0.25, 0.3) is 0 Å². The Kier molecular flexibility index (Phi) is 12.7. The predicted molar refractivity (Wildman–Crippen MR) is 389 cm³/mol. The summed E-state index contributed by atoms with van der Waals surface area (Å²) in [5.41, 5.74) is 25.1. The Morgan fingerprint density at radius 2 is 0.756 bits per heavy atom. The first-order chi connectivity index (χ1) is 44.8. The summed E-state index contributed by atoms with van der Waals surface area (Å²) in [4.78, 5) is 4.97. The molecule has 0 aromatic heterocycles. The first-order valence-corrected chi connectivity index (χ1v) is 33.0. The van der Waals surface area contributed by atoms with E-state index in [0.717, 1.165) is 61.5 Å². The summed E-state index contributed by atoms with van der Waals surface area (Å²) in [5, 5.41) is 0.